The molecule has 196 valence electrons. The van der Waals surface area contributed by atoms with E-state index in [2.05, 4.69) is 20.2 Å². The van der Waals surface area contributed by atoms with Crippen molar-refractivity contribution in [1.82, 2.24) is 24.7 Å². The molecule has 0 bridgehead atoms. The molecule has 0 unspecified atom stereocenters. The summed E-state index contributed by atoms with van der Waals surface area (Å²) in [7, 11) is -4.43. The second-order valence-electron chi connectivity index (χ2n) is 9.18. The fraction of sp³-hybridized carbons (Fsp3) is 0.391. The standard InChI is InChI=1S/C23H25F2N7O4S/c1-12(2)21-28-23(36-30-21)31-8-5-14(6-9-31)35-19-4-7-27-22-20(13(3)29-32(19)22)15-10-17(25)18(11-16(15)24)37(26,33)34/h4,7,10-12,14H,5-6,8-9H2,1-3H3,(H2,26,33,34). The number of nitrogens with zero attached hydrogens (tertiary/aromatic N) is 6. The SMILES string of the molecule is Cc1nn2c(OC3CCN(c4nc(C(C)C)no4)CC3)ccnc2c1-c1cc(F)c(S(N)(=O)=O)cc1F. The molecule has 0 aliphatic carbocycles. The van der Waals surface area contributed by atoms with Crippen molar-refractivity contribution in [1.29, 1.82) is 0 Å². The molecule has 0 amide bonds. The summed E-state index contributed by atoms with van der Waals surface area (Å²) in [5.41, 5.74) is 0.629. The van der Waals surface area contributed by atoms with Gasteiger partial charge in [-0.15, -0.1) is 0 Å². The number of fused-ring (bicyclic) bond motifs is 1. The molecule has 2 N–H and O–H groups in total. The number of benzene rings is 1. The molecule has 0 spiro atoms. The number of primary sulfonamides is 1. The maximum atomic E-state index is 14.9. The monoisotopic (exact) mass is 533 g/mol. The van der Waals surface area contributed by atoms with Gasteiger partial charge in [0, 0.05) is 49.7 Å². The second kappa shape index (κ2) is 9.34. The zero-order valence-electron chi connectivity index (χ0n) is 20.4. The Morgan fingerprint density at radius 3 is 2.57 bits per heavy atom. The maximum absolute atomic E-state index is 14.9. The van der Waals surface area contributed by atoms with Crippen LogP contribution in [0.3, 0.4) is 0 Å². The Morgan fingerprint density at radius 1 is 1.19 bits per heavy atom. The molecule has 1 saturated heterocycles. The lowest BCUT2D eigenvalue weighted by molar-refractivity contribution is 0.157. The number of ether oxygens (including phenoxy) is 1. The predicted octanol–water partition coefficient (Wildman–Crippen LogP) is 3.18. The van der Waals surface area contributed by atoms with Crippen LogP contribution in [0.4, 0.5) is 14.8 Å². The lowest BCUT2D eigenvalue weighted by atomic mass is 10.1. The minimum Gasteiger partial charge on any atom is -0.474 e. The lowest BCUT2D eigenvalue weighted by Crippen LogP contribution is -2.38. The Hall–Kier alpha value is -3.65. The first-order valence-corrected chi connectivity index (χ1v) is 13.2. The van der Waals surface area contributed by atoms with Crippen LogP contribution < -0.4 is 14.8 Å². The molecule has 1 aliphatic heterocycles. The molecule has 4 aromatic rings. The molecule has 1 fully saturated rings. The van der Waals surface area contributed by atoms with Crippen LogP contribution in [0.2, 0.25) is 0 Å². The molecule has 0 radical (unpaired) electrons. The molecule has 5 rings (SSSR count). The Balaban J connectivity index is 1.39. The number of anilines is 1. The molecule has 37 heavy (non-hydrogen) atoms. The number of piperidine rings is 1. The van der Waals surface area contributed by atoms with E-state index in [4.69, 9.17) is 14.4 Å². The van der Waals surface area contributed by atoms with E-state index in [1.807, 2.05) is 18.7 Å². The highest BCUT2D eigenvalue weighted by atomic mass is 32.2. The van der Waals surface area contributed by atoms with Crippen molar-refractivity contribution in [2.45, 2.75) is 50.5 Å². The van der Waals surface area contributed by atoms with E-state index in [1.54, 1.807) is 13.0 Å². The third kappa shape index (κ3) is 4.73. The van der Waals surface area contributed by atoms with E-state index in [0.717, 1.165) is 6.07 Å². The van der Waals surface area contributed by atoms with Crippen LogP contribution in [-0.2, 0) is 10.0 Å². The predicted molar refractivity (Wildman–Crippen MR) is 129 cm³/mol. The minimum atomic E-state index is -4.43. The van der Waals surface area contributed by atoms with Crippen LogP contribution in [0.1, 0.15) is 44.1 Å². The summed E-state index contributed by atoms with van der Waals surface area (Å²) in [5, 5.41) is 13.4. The molecular weight excluding hydrogens is 508 g/mol. The number of hydrogen-bond donors (Lipinski definition) is 1. The Morgan fingerprint density at radius 2 is 1.92 bits per heavy atom. The number of aromatic nitrogens is 5. The molecule has 0 atom stereocenters. The van der Waals surface area contributed by atoms with Gasteiger partial charge in [-0.2, -0.15) is 14.6 Å². The molecule has 0 saturated carbocycles. The number of hydrogen-bond acceptors (Lipinski definition) is 9. The first kappa shape index (κ1) is 25.0. The summed E-state index contributed by atoms with van der Waals surface area (Å²) < 4.78 is 65.6. The largest absolute Gasteiger partial charge is 0.474 e. The van der Waals surface area contributed by atoms with Crippen molar-refractivity contribution < 1.29 is 26.5 Å². The van der Waals surface area contributed by atoms with E-state index in [1.165, 1.54) is 10.7 Å². The van der Waals surface area contributed by atoms with Crippen LogP contribution in [0.25, 0.3) is 16.8 Å². The molecule has 4 heterocycles. The normalized spacial score (nSPS) is 15.2. The number of aryl methyl sites for hydroxylation is 1. The Labute approximate surface area is 211 Å². The van der Waals surface area contributed by atoms with Gasteiger partial charge in [-0.3, -0.25) is 0 Å². The van der Waals surface area contributed by atoms with Crippen LogP contribution in [0, 0.1) is 18.6 Å². The van der Waals surface area contributed by atoms with E-state index in [0.29, 0.717) is 55.4 Å². The fourth-order valence-electron chi connectivity index (χ4n) is 4.30. The third-order valence-electron chi connectivity index (χ3n) is 6.20. The highest BCUT2D eigenvalue weighted by Crippen LogP contribution is 2.34. The molecule has 14 heteroatoms. The van der Waals surface area contributed by atoms with E-state index in [9.17, 15) is 17.2 Å². The van der Waals surface area contributed by atoms with Crippen molar-refractivity contribution in [2.24, 2.45) is 5.14 Å². The second-order valence-corrected chi connectivity index (χ2v) is 10.7. The van der Waals surface area contributed by atoms with Gasteiger partial charge in [0.2, 0.25) is 15.9 Å². The van der Waals surface area contributed by atoms with Gasteiger partial charge in [-0.05, 0) is 19.1 Å². The topological polar surface area (TPSA) is 142 Å². The van der Waals surface area contributed by atoms with Crippen LogP contribution in [0.5, 0.6) is 5.88 Å². The zero-order chi connectivity index (χ0) is 26.5. The summed E-state index contributed by atoms with van der Waals surface area (Å²) in [6.07, 6.45) is 2.73. The van der Waals surface area contributed by atoms with Crippen LogP contribution in [0.15, 0.2) is 33.8 Å². The van der Waals surface area contributed by atoms with Gasteiger partial charge >= 0.3 is 6.01 Å². The Bertz CT molecular complexity index is 1580. The zero-order valence-corrected chi connectivity index (χ0v) is 21.2. The summed E-state index contributed by atoms with van der Waals surface area (Å²) in [4.78, 5) is 9.83. The summed E-state index contributed by atoms with van der Waals surface area (Å²) in [5.74, 6) is -0.914. The number of rotatable bonds is 6. The maximum Gasteiger partial charge on any atom is 0.324 e. The van der Waals surface area contributed by atoms with Crippen molar-refractivity contribution in [3.63, 3.8) is 0 Å². The van der Waals surface area contributed by atoms with E-state index in [-0.39, 0.29) is 28.8 Å². The third-order valence-corrected chi connectivity index (χ3v) is 7.13. The smallest absolute Gasteiger partial charge is 0.324 e. The molecule has 11 nitrogen and oxygen atoms in total. The highest BCUT2D eigenvalue weighted by molar-refractivity contribution is 7.89. The van der Waals surface area contributed by atoms with Gasteiger partial charge in [-0.1, -0.05) is 19.0 Å². The van der Waals surface area contributed by atoms with Crippen molar-refractivity contribution in [3.05, 3.63) is 47.5 Å². The van der Waals surface area contributed by atoms with Gasteiger partial charge in [0.15, 0.2) is 11.5 Å². The van der Waals surface area contributed by atoms with Crippen LogP contribution >= 0.6 is 0 Å². The molecule has 1 aromatic carbocycles. The van der Waals surface area contributed by atoms with Gasteiger partial charge < -0.3 is 14.2 Å². The molecule has 3 aromatic heterocycles. The highest BCUT2D eigenvalue weighted by Gasteiger charge is 2.27. The number of sulfonamides is 1. The van der Waals surface area contributed by atoms with Gasteiger partial charge in [0.05, 0.1) is 11.3 Å². The average molecular weight is 534 g/mol. The van der Waals surface area contributed by atoms with Crippen molar-refractivity contribution in [3.8, 4) is 17.0 Å². The van der Waals surface area contributed by atoms with Gasteiger partial charge in [0.1, 0.15) is 22.6 Å². The number of nitrogens with two attached hydrogens (primary N) is 1. The summed E-state index contributed by atoms with van der Waals surface area (Å²) in [6.45, 7) is 6.92. The minimum absolute atomic E-state index is 0.134. The fourth-order valence-corrected chi connectivity index (χ4v) is 4.90. The molecular formula is C23H25F2N7O4S. The Kier molecular flexibility index (Phi) is 6.31. The van der Waals surface area contributed by atoms with Gasteiger partial charge in [-0.25, -0.2) is 27.3 Å². The van der Waals surface area contributed by atoms with Crippen molar-refractivity contribution >= 4 is 21.7 Å². The lowest BCUT2D eigenvalue weighted by Gasteiger charge is -2.30. The first-order chi connectivity index (χ1) is 17.5. The summed E-state index contributed by atoms with van der Waals surface area (Å²) in [6, 6.07) is 3.48. The van der Waals surface area contributed by atoms with E-state index >= 15 is 0 Å². The number of halogens is 2. The first-order valence-electron chi connectivity index (χ1n) is 11.6. The van der Waals surface area contributed by atoms with E-state index < -0.39 is 26.6 Å². The summed E-state index contributed by atoms with van der Waals surface area (Å²) >= 11 is 0. The van der Waals surface area contributed by atoms with Crippen molar-refractivity contribution in [2.75, 3.05) is 18.0 Å². The quantitative estimate of drug-likeness (QED) is 0.395. The average Bonchev–Trinajstić information content (AvgIpc) is 3.46. The van der Waals surface area contributed by atoms with Gasteiger partial charge in [0.25, 0.3) is 0 Å². The molecule has 1 aliphatic rings. The van der Waals surface area contributed by atoms with Crippen LogP contribution in [-0.4, -0.2) is 52.3 Å².